The number of H-pyrrole nitrogens is 1. The van der Waals surface area contributed by atoms with Crippen molar-refractivity contribution in [2.45, 2.75) is 46.6 Å². The molecular formula is C17H22N2OS. The Morgan fingerprint density at radius 2 is 1.90 bits per heavy atom. The summed E-state index contributed by atoms with van der Waals surface area (Å²) in [7, 11) is 0. The Morgan fingerprint density at radius 3 is 2.52 bits per heavy atom. The zero-order valence-electron chi connectivity index (χ0n) is 13.2. The highest BCUT2D eigenvalue weighted by Crippen LogP contribution is 2.27. The van der Waals surface area contributed by atoms with Crippen molar-refractivity contribution in [1.82, 2.24) is 9.97 Å². The number of aromatic amines is 1. The van der Waals surface area contributed by atoms with E-state index in [-0.39, 0.29) is 6.10 Å². The van der Waals surface area contributed by atoms with Gasteiger partial charge in [-0.2, -0.15) is 0 Å². The van der Waals surface area contributed by atoms with E-state index >= 15 is 0 Å². The quantitative estimate of drug-likeness (QED) is 0.805. The fourth-order valence-corrected chi connectivity index (χ4v) is 2.31. The fraction of sp³-hybridized carbons (Fsp3) is 0.412. The van der Waals surface area contributed by atoms with E-state index in [1.54, 1.807) is 0 Å². The highest BCUT2D eigenvalue weighted by Gasteiger charge is 2.10. The fourth-order valence-electron chi connectivity index (χ4n) is 2.11. The van der Waals surface area contributed by atoms with Crippen LogP contribution in [0.25, 0.3) is 11.3 Å². The smallest absolute Gasteiger partial charge is 0.133 e. The summed E-state index contributed by atoms with van der Waals surface area (Å²) in [6, 6.07) is 8.07. The molecule has 1 heterocycles. The summed E-state index contributed by atoms with van der Waals surface area (Å²) in [6.45, 7) is 10.3. The molecule has 0 atom stereocenters. The minimum Gasteiger partial charge on any atom is -0.491 e. The van der Waals surface area contributed by atoms with Gasteiger partial charge in [0, 0.05) is 17.0 Å². The number of hydrogen-bond acceptors (Lipinski definition) is 3. The summed E-state index contributed by atoms with van der Waals surface area (Å²) in [6.07, 6.45) is 0.156. The molecule has 112 valence electrons. The normalized spacial score (nSPS) is 11.2. The lowest BCUT2D eigenvalue weighted by Crippen LogP contribution is -2.06. The molecule has 3 nitrogen and oxygen atoms in total. The molecular weight excluding hydrogens is 280 g/mol. The van der Waals surface area contributed by atoms with Gasteiger partial charge in [0.25, 0.3) is 0 Å². The van der Waals surface area contributed by atoms with E-state index in [9.17, 15) is 0 Å². The summed E-state index contributed by atoms with van der Waals surface area (Å²) in [5.74, 6) is 2.08. The van der Waals surface area contributed by atoms with Crippen molar-refractivity contribution in [3.63, 3.8) is 0 Å². The molecule has 2 aromatic rings. The molecule has 1 aromatic heterocycles. The molecule has 0 fully saturated rings. The molecule has 0 aliphatic heterocycles. The average molecular weight is 302 g/mol. The predicted molar refractivity (Wildman–Crippen MR) is 89.4 cm³/mol. The minimum absolute atomic E-state index is 0.156. The molecule has 0 radical (unpaired) electrons. The summed E-state index contributed by atoms with van der Waals surface area (Å²) < 4.78 is 6.42. The Morgan fingerprint density at radius 1 is 1.19 bits per heavy atom. The third-order valence-corrected chi connectivity index (χ3v) is 3.61. The standard InChI is InChI=1S/C17H22N2OS/c1-10(2)16-18-15(12(5)17(21)19-16)13-7-6-8-14(9-13)20-11(3)4/h6-11H,1-5H3,(H,18,19,21). The Labute approximate surface area is 131 Å². The molecule has 0 amide bonds. The van der Waals surface area contributed by atoms with Crippen LogP contribution < -0.4 is 4.74 Å². The number of benzene rings is 1. The van der Waals surface area contributed by atoms with Crippen molar-refractivity contribution in [3.05, 3.63) is 40.3 Å². The summed E-state index contributed by atoms with van der Waals surface area (Å²) in [4.78, 5) is 7.87. The van der Waals surface area contributed by atoms with Crippen LogP contribution in [-0.4, -0.2) is 16.1 Å². The van der Waals surface area contributed by atoms with Gasteiger partial charge in [0.05, 0.1) is 11.8 Å². The monoisotopic (exact) mass is 302 g/mol. The third kappa shape index (κ3) is 3.70. The molecule has 0 aliphatic carbocycles. The minimum atomic E-state index is 0.156. The zero-order valence-corrected chi connectivity index (χ0v) is 14.0. The van der Waals surface area contributed by atoms with Crippen LogP contribution in [-0.2, 0) is 0 Å². The number of hydrogen-bond donors (Lipinski definition) is 1. The van der Waals surface area contributed by atoms with Gasteiger partial charge in [-0.3, -0.25) is 0 Å². The second kappa shape index (κ2) is 6.39. The highest BCUT2D eigenvalue weighted by molar-refractivity contribution is 7.71. The van der Waals surface area contributed by atoms with Crippen molar-refractivity contribution in [2.24, 2.45) is 0 Å². The third-order valence-electron chi connectivity index (χ3n) is 3.21. The lowest BCUT2D eigenvalue weighted by atomic mass is 10.1. The van der Waals surface area contributed by atoms with Gasteiger partial charge in [-0.15, -0.1) is 0 Å². The first kappa shape index (κ1) is 15.7. The van der Waals surface area contributed by atoms with Crippen LogP contribution in [0.3, 0.4) is 0 Å². The Hall–Kier alpha value is -1.68. The predicted octanol–water partition coefficient (Wildman–Crippen LogP) is 5.03. The van der Waals surface area contributed by atoms with Crippen LogP contribution in [0.2, 0.25) is 0 Å². The van der Waals surface area contributed by atoms with Crippen molar-refractivity contribution in [1.29, 1.82) is 0 Å². The first-order valence-electron chi connectivity index (χ1n) is 7.26. The summed E-state index contributed by atoms with van der Waals surface area (Å²) in [5.41, 5.74) is 3.09. The number of nitrogens with one attached hydrogen (secondary N) is 1. The van der Waals surface area contributed by atoms with Crippen LogP contribution in [0, 0.1) is 11.6 Å². The second-order valence-electron chi connectivity index (χ2n) is 5.78. The van der Waals surface area contributed by atoms with E-state index in [0.717, 1.165) is 28.4 Å². The van der Waals surface area contributed by atoms with Crippen LogP contribution in [0.15, 0.2) is 24.3 Å². The van der Waals surface area contributed by atoms with Crippen LogP contribution in [0.4, 0.5) is 0 Å². The Balaban J connectivity index is 2.53. The van der Waals surface area contributed by atoms with Gasteiger partial charge in [0.15, 0.2) is 0 Å². The molecule has 0 aliphatic rings. The van der Waals surface area contributed by atoms with Crippen molar-refractivity contribution < 1.29 is 4.74 Å². The number of ether oxygens (including phenoxy) is 1. The van der Waals surface area contributed by atoms with Crippen LogP contribution >= 0.6 is 12.2 Å². The molecule has 0 saturated carbocycles. The van der Waals surface area contributed by atoms with Crippen molar-refractivity contribution >= 4 is 12.2 Å². The first-order valence-corrected chi connectivity index (χ1v) is 7.67. The largest absolute Gasteiger partial charge is 0.491 e. The van der Waals surface area contributed by atoms with Gasteiger partial charge < -0.3 is 9.72 Å². The molecule has 21 heavy (non-hydrogen) atoms. The SMILES string of the molecule is Cc1c(-c2cccc(OC(C)C)c2)[nH]c(C(C)C)nc1=S. The molecule has 4 heteroatoms. The van der Waals surface area contributed by atoms with Gasteiger partial charge in [-0.05, 0) is 32.9 Å². The maximum absolute atomic E-state index is 5.77. The van der Waals surface area contributed by atoms with Crippen LogP contribution in [0.5, 0.6) is 5.75 Å². The molecule has 1 N–H and O–H groups in total. The molecule has 0 bridgehead atoms. The Bertz CT molecular complexity index is 689. The highest BCUT2D eigenvalue weighted by atomic mass is 32.1. The number of nitrogens with zero attached hydrogens (tertiary/aromatic N) is 1. The molecule has 0 spiro atoms. The van der Waals surface area contributed by atoms with Gasteiger partial charge in [0.2, 0.25) is 0 Å². The topological polar surface area (TPSA) is 37.9 Å². The van der Waals surface area contributed by atoms with Gasteiger partial charge in [0.1, 0.15) is 16.2 Å². The average Bonchev–Trinajstić information content (AvgIpc) is 2.41. The Kier molecular flexibility index (Phi) is 4.78. The van der Waals surface area contributed by atoms with Crippen molar-refractivity contribution in [2.75, 3.05) is 0 Å². The van der Waals surface area contributed by atoms with E-state index in [2.05, 4.69) is 29.9 Å². The zero-order chi connectivity index (χ0) is 15.6. The van der Waals surface area contributed by atoms with E-state index in [4.69, 9.17) is 17.0 Å². The van der Waals surface area contributed by atoms with E-state index in [0.29, 0.717) is 10.6 Å². The van der Waals surface area contributed by atoms with E-state index < -0.39 is 0 Å². The lowest BCUT2D eigenvalue weighted by Gasteiger charge is -2.14. The summed E-state index contributed by atoms with van der Waals surface area (Å²) in [5, 5.41) is 0. The maximum atomic E-state index is 5.77. The second-order valence-corrected chi connectivity index (χ2v) is 6.16. The molecule has 1 aromatic carbocycles. The maximum Gasteiger partial charge on any atom is 0.133 e. The van der Waals surface area contributed by atoms with E-state index in [1.807, 2.05) is 39.0 Å². The van der Waals surface area contributed by atoms with Gasteiger partial charge >= 0.3 is 0 Å². The first-order chi connectivity index (χ1) is 9.88. The summed E-state index contributed by atoms with van der Waals surface area (Å²) >= 11 is 5.39. The lowest BCUT2D eigenvalue weighted by molar-refractivity contribution is 0.242. The van der Waals surface area contributed by atoms with Crippen molar-refractivity contribution in [3.8, 4) is 17.0 Å². The van der Waals surface area contributed by atoms with Crippen LogP contribution in [0.1, 0.15) is 45.0 Å². The number of rotatable bonds is 4. The van der Waals surface area contributed by atoms with Gasteiger partial charge in [-0.1, -0.05) is 38.2 Å². The molecule has 0 saturated heterocycles. The molecule has 2 rings (SSSR count). The van der Waals surface area contributed by atoms with Gasteiger partial charge in [-0.25, -0.2) is 4.98 Å². The van der Waals surface area contributed by atoms with E-state index in [1.165, 1.54) is 0 Å². The molecule has 0 unspecified atom stereocenters. The number of aromatic nitrogens is 2.